The number of nitrogens with zero attached hydrogens (tertiary/aromatic N) is 1. The van der Waals surface area contributed by atoms with Gasteiger partial charge in [0, 0.05) is 12.1 Å². The van der Waals surface area contributed by atoms with Crippen molar-refractivity contribution in [1.82, 2.24) is 0 Å². The summed E-state index contributed by atoms with van der Waals surface area (Å²) in [6.07, 6.45) is 0.587. The smallest absolute Gasteiger partial charge is 1.00 e. The molecule has 0 radical (unpaired) electrons. The largest absolute Gasteiger partial charge is 1.00 e. The van der Waals surface area contributed by atoms with E-state index in [2.05, 4.69) is 0 Å². The molecule has 6 nitrogen and oxygen atoms in total. The van der Waals surface area contributed by atoms with Crippen LogP contribution in [0.1, 0.15) is 18.1 Å². The van der Waals surface area contributed by atoms with E-state index >= 15 is 0 Å². The maximum absolute atomic E-state index is 10.8. The van der Waals surface area contributed by atoms with Gasteiger partial charge in [0.1, 0.15) is 5.75 Å². The molecular weight excluding hydrogens is 317 g/mol. The minimum absolute atomic E-state index is 0. The van der Waals surface area contributed by atoms with Gasteiger partial charge in [-0.25, -0.2) is 0 Å². The first-order chi connectivity index (χ1) is 9.83. The van der Waals surface area contributed by atoms with Crippen molar-refractivity contribution in [3.05, 3.63) is 75.3 Å². The molecule has 0 aliphatic heterocycles. The molecule has 0 aliphatic carbocycles. The molecule has 2 aromatic rings. The first-order valence-electron chi connectivity index (χ1n) is 6.10. The van der Waals surface area contributed by atoms with Crippen LogP contribution in [0, 0.1) is 10.1 Å². The molecule has 0 aliphatic rings. The van der Waals surface area contributed by atoms with Gasteiger partial charge >= 0.3 is 29.6 Å². The molecule has 0 saturated heterocycles. The maximum atomic E-state index is 10.8. The minimum atomic E-state index is -4.03. The van der Waals surface area contributed by atoms with Crippen LogP contribution in [0.25, 0.3) is 0 Å². The van der Waals surface area contributed by atoms with E-state index in [1.165, 1.54) is 12.1 Å². The molecule has 0 bridgehead atoms. The Morgan fingerprint density at radius 2 is 1.36 bits per heavy atom. The van der Waals surface area contributed by atoms with Crippen LogP contribution in [-0.2, 0) is 22.3 Å². The van der Waals surface area contributed by atoms with Crippen LogP contribution in [-0.4, -0.2) is 17.9 Å². The first kappa shape index (κ1) is 18.8. The summed E-state index contributed by atoms with van der Waals surface area (Å²) in [5, 5.41) is 10.6. The van der Waals surface area contributed by atoms with Crippen molar-refractivity contribution in [3.63, 3.8) is 0 Å². The van der Waals surface area contributed by atoms with Gasteiger partial charge in [0.05, 0.1) is 4.92 Å². The molecule has 2 rings (SSSR count). The van der Waals surface area contributed by atoms with Crippen molar-refractivity contribution in [3.8, 4) is 0 Å². The number of non-ortho nitro benzene ring substituents is 1. The number of nitro groups is 1. The predicted molar refractivity (Wildman–Crippen MR) is 78.7 cm³/mol. The summed E-state index contributed by atoms with van der Waals surface area (Å²) < 4.78 is 30.3. The van der Waals surface area contributed by atoms with Crippen molar-refractivity contribution < 1.29 is 48.9 Å². The zero-order valence-corrected chi connectivity index (χ0v) is 14.8. The summed E-state index contributed by atoms with van der Waals surface area (Å²) in [5.74, 6) is -0.412. The molecule has 0 saturated carbocycles. The molecule has 0 spiro atoms. The van der Waals surface area contributed by atoms with Crippen LogP contribution < -0.4 is 29.6 Å². The van der Waals surface area contributed by atoms with Gasteiger partial charge < -0.3 is 1.43 Å². The van der Waals surface area contributed by atoms with Gasteiger partial charge in [-0.1, -0.05) is 36.4 Å². The predicted octanol–water partition coefficient (Wildman–Crippen LogP) is -0.310. The molecule has 0 heterocycles. The van der Waals surface area contributed by atoms with Crippen LogP contribution in [0.15, 0.2) is 48.5 Å². The topological polar surface area (TPSA) is 97.5 Å². The monoisotopic (exact) mass is 331 g/mol. The van der Waals surface area contributed by atoms with Gasteiger partial charge in [-0.2, -0.15) is 8.42 Å². The van der Waals surface area contributed by atoms with Crippen LogP contribution in [0.5, 0.6) is 0 Å². The Morgan fingerprint density at radius 3 is 1.77 bits per heavy atom. The fourth-order valence-electron chi connectivity index (χ4n) is 1.94. The SMILES string of the molecule is O=[N+]([O-])c1ccc(Cc2ccc(CS(=O)(=O)O)cc2)cc1.[H-].[Na+]. The first-order valence-corrected chi connectivity index (χ1v) is 7.71. The van der Waals surface area contributed by atoms with Gasteiger partial charge in [0.15, 0.2) is 0 Å². The fraction of sp³-hybridized carbons (Fsp3) is 0.143. The molecule has 0 amide bonds. The Labute approximate surface area is 151 Å². The summed E-state index contributed by atoms with van der Waals surface area (Å²) in [4.78, 5) is 10.1. The van der Waals surface area contributed by atoms with Crippen molar-refractivity contribution in [1.29, 1.82) is 0 Å². The van der Waals surface area contributed by atoms with Crippen molar-refractivity contribution in [2.75, 3.05) is 0 Å². The molecule has 2 aromatic carbocycles. The molecule has 8 heteroatoms. The zero-order valence-electron chi connectivity index (χ0n) is 13.0. The van der Waals surface area contributed by atoms with E-state index < -0.39 is 20.8 Å². The van der Waals surface area contributed by atoms with E-state index in [4.69, 9.17) is 4.55 Å². The summed E-state index contributed by atoms with van der Waals surface area (Å²) in [5.41, 5.74) is 2.42. The second-order valence-corrected chi connectivity index (χ2v) is 6.10. The van der Waals surface area contributed by atoms with Gasteiger partial charge in [-0.3, -0.25) is 14.7 Å². The Hall–Kier alpha value is -1.25. The van der Waals surface area contributed by atoms with E-state index in [1.807, 2.05) is 0 Å². The average Bonchev–Trinajstić information content (AvgIpc) is 2.40. The number of nitro benzene ring substituents is 1. The number of hydrogen-bond acceptors (Lipinski definition) is 4. The van der Waals surface area contributed by atoms with E-state index in [0.29, 0.717) is 12.0 Å². The molecule has 112 valence electrons. The van der Waals surface area contributed by atoms with Crippen LogP contribution in [0.2, 0.25) is 0 Å². The minimum Gasteiger partial charge on any atom is -1.00 e. The van der Waals surface area contributed by atoms with Gasteiger partial charge in [-0.15, -0.1) is 0 Å². The summed E-state index contributed by atoms with van der Waals surface area (Å²) in [6, 6.07) is 13.1. The zero-order chi connectivity index (χ0) is 15.5. The standard InChI is InChI=1S/C14H13NO5S.Na.H/c16-15(17)14-7-5-12(6-8-14)9-11-1-3-13(4-2-11)10-21(18,19)20;;/h1-8H,9-10H2,(H,18,19,20);;/q;+1;-1. The number of benzene rings is 2. The van der Waals surface area contributed by atoms with Gasteiger partial charge in [0.25, 0.3) is 15.8 Å². The maximum Gasteiger partial charge on any atom is 1.00 e. The Balaban J connectivity index is 0.00000242. The molecular formula is C14H14NNaO5S. The van der Waals surface area contributed by atoms with E-state index in [0.717, 1.165) is 11.1 Å². The third-order valence-corrected chi connectivity index (χ3v) is 3.63. The van der Waals surface area contributed by atoms with Crippen molar-refractivity contribution in [2.24, 2.45) is 0 Å². The van der Waals surface area contributed by atoms with E-state index in [9.17, 15) is 18.5 Å². The Bertz CT molecular complexity index is 748. The third kappa shape index (κ3) is 5.86. The van der Waals surface area contributed by atoms with Crippen LogP contribution in [0.3, 0.4) is 0 Å². The van der Waals surface area contributed by atoms with E-state index in [1.54, 1.807) is 36.4 Å². The summed E-state index contributed by atoms with van der Waals surface area (Å²) in [7, 11) is -4.03. The summed E-state index contributed by atoms with van der Waals surface area (Å²) >= 11 is 0. The average molecular weight is 331 g/mol. The number of rotatable bonds is 5. The fourth-order valence-corrected chi connectivity index (χ4v) is 2.55. The molecule has 1 N–H and O–H groups in total. The molecule has 0 atom stereocenters. The van der Waals surface area contributed by atoms with Crippen molar-refractivity contribution >= 4 is 15.8 Å². The van der Waals surface area contributed by atoms with Gasteiger partial charge in [-0.05, 0) is 23.1 Å². The second kappa shape index (κ2) is 7.85. The normalized spacial score (nSPS) is 10.8. The van der Waals surface area contributed by atoms with Gasteiger partial charge in [0.2, 0.25) is 0 Å². The van der Waals surface area contributed by atoms with Crippen LogP contribution >= 0.6 is 0 Å². The van der Waals surface area contributed by atoms with Crippen molar-refractivity contribution in [2.45, 2.75) is 12.2 Å². The quantitative estimate of drug-likeness (QED) is 0.351. The molecule has 0 fully saturated rings. The Morgan fingerprint density at radius 1 is 0.955 bits per heavy atom. The molecule has 0 unspecified atom stereocenters. The molecule has 22 heavy (non-hydrogen) atoms. The Kier molecular flexibility index (Phi) is 6.70. The van der Waals surface area contributed by atoms with Crippen LogP contribution in [0.4, 0.5) is 5.69 Å². The summed E-state index contributed by atoms with van der Waals surface area (Å²) in [6.45, 7) is 0. The van der Waals surface area contributed by atoms with E-state index in [-0.39, 0.29) is 36.7 Å². The third-order valence-electron chi connectivity index (χ3n) is 2.93. The second-order valence-electron chi connectivity index (χ2n) is 4.64. The number of hydrogen-bond donors (Lipinski definition) is 1. The molecule has 0 aromatic heterocycles.